The Morgan fingerprint density at radius 3 is 2.32 bits per heavy atom. The summed E-state index contributed by atoms with van der Waals surface area (Å²) in [6.45, 7) is 8.06. The molecular weight excluding hydrogens is 260 g/mol. The lowest BCUT2D eigenvalue weighted by Crippen LogP contribution is -2.29. The van der Waals surface area contributed by atoms with Crippen LogP contribution in [0.2, 0.25) is 0 Å². The Hall–Kier alpha value is -1.07. The van der Waals surface area contributed by atoms with Crippen molar-refractivity contribution in [1.29, 1.82) is 0 Å². The third-order valence-electron chi connectivity index (χ3n) is 3.57. The number of nitrogens with zero attached hydrogens (tertiary/aromatic N) is 1. The molecule has 0 fully saturated rings. The molecule has 0 spiro atoms. The van der Waals surface area contributed by atoms with E-state index in [0.29, 0.717) is 22.7 Å². The van der Waals surface area contributed by atoms with Gasteiger partial charge in [-0.2, -0.15) is 0 Å². The van der Waals surface area contributed by atoms with E-state index in [-0.39, 0.29) is 0 Å². The fourth-order valence-corrected chi connectivity index (χ4v) is 3.82. The van der Waals surface area contributed by atoms with Crippen LogP contribution in [0.25, 0.3) is 0 Å². The average Bonchev–Trinajstić information content (AvgIpc) is 2.33. The van der Waals surface area contributed by atoms with Crippen molar-refractivity contribution < 1.29 is 8.42 Å². The second-order valence-corrected chi connectivity index (χ2v) is 7.02. The van der Waals surface area contributed by atoms with Crippen molar-refractivity contribution in [2.45, 2.75) is 45.4 Å². The van der Waals surface area contributed by atoms with Gasteiger partial charge in [0.2, 0.25) is 10.0 Å². The number of unbranched alkanes of at least 4 members (excludes halogenated alkanes) is 1. The first-order valence-electron chi connectivity index (χ1n) is 6.56. The summed E-state index contributed by atoms with van der Waals surface area (Å²) >= 11 is 0. The third-order valence-corrected chi connectivity index (χ3v) is 5.70. The number of hydrogen-bond donors (Lipinski definition) is 1. The van der Waals surface area contributed by atoms with E-state index in [4.69, 9.17) is 5.73 Å². The molecule has 4 nitrogen and oxygen atoms in total. The molecule has 1 aromatic rings. The number of anilines is 1. The van der Waals surface area contributed by atoms with Crippen LogP contribution in [0.3, 0.4) is 0 Å². The predicted molar refractivity (Wildman–Crippen MR) is 79.8 cm³/mol. The summed E-state index contributed by atoms with van der Waals surface area (Å²) in [5.41, 5.74) is 8.78. The van der Waals surface area contributed by atoms with Crippen LogP contribution in [-0.2, 0) is 10.0 Å². The fourth-order valence-electron chi connectivity index (χ4n) is 2.08. The molecule has 5 heteroatoms. The first-order valence-corrected chi connectivity index (χ1v) is 8.00. The molecule has 0 saturated heterocycles. The Morgan fingerprint density at radius 1 is 1.21 bits per heavy atom. The van der Waals surface area contributed by atoms with Gasteiger partial charge in [0.25, 0.3) is 0 Å². The maximum atomic E-state index is 12.7. The van der Waals surface area contributed by atoms with E-state index in [2.05, 4.69) is 0 Å². The highest BCUT2D eigenvalue weighted by molar-refractivity contribution is 7.89. The van der Waals surface area contributed by atoms with Gasteiger partial charge in [0.15, 0.2) is 0 Å². The number of benzene rings is 1. The molecule has 0 radical (unpaired) electrons. The maximum absolute atomic E-state index is 12.7. The lowest BCUT2D eigenvalue weighted by Gasteiger charge is -2.21. The van der Waals surface area contributed by atoms with Crippen LogP contribution in [-0.4, -0.2) is 26.3 Å². The van der Waals surface area contributed by atoms with E-state index in [1.54, 1.807) is 14.0 Å². The molecule has 1 aromatic carbocycles. The van der Waals surface area contributed by atoms with E-state index in [0.717, 1.165) is 24.0 Å². The Kier molecular flexibility index (Phi) is 4.98. The molecule has 0 heterocycles. The molecule has 19 heavy (non-hydrogen) atoms. The van der Waals surface area contributed by atoms with Crippen LogP contribution in [0.5, 0.6) is 0 Å². The zero-order valence-electron chi connectivity index (χ0n) is 12.4. The normalized spacial score (nSPS) is 12.1. The third kappa shape index (κ3) is 3.09. The van der Waals surface area contributed by atoms with Gasteiger partial charge < -0.3 is 5.73 Å². The summed E-state index contributed by atoms with van der Waals surface area (Å²) in [5.74, 6) is 0. The largest absolute Gasteiger partial charge is 0.398 e. The molecule has 0 amide bonds. The van der Waals surface area contributed by atoms with E-state index >= 15 is 0 Å². The highest BCUT2D eigenvalue weighted by atomic mass is 32.2. The van der Waals surface area contributed by atoms with Gasteiger partial charge in [-0.3, -0.25) is 0 Å². The van der Waals surface area contributed by atoms with Crippen LogP contribution >= 0.6 is 0 Å². The molecule has 1 rings (SSSR count). The lowest BCUT2D eigenvalue weighted by molar-refractivity contribution is 0.458. The van der Waals surface area contributed by atoms with E-state index in [9.17, 15) is 8.42 Å². The molecule has 2 N–H and O–H groups in total. The van der Waals surface area contributed by atoms with E-state index < -0.39 is 10.0 Å². The van der Waals surface area contributed by atoms with Gasteiger partial charge in [-0.05, 0) is 49.9 Å². The minimum absolute atomic E-state index is 0.364. The summed E-state index contributed by atoms with van der Waals surface area (Å²) in [5, 5.41) is 0. The minimum atomic E-state index is -3.46. The summed E-state index contributed by atoms with van der Waals surface area (Å²) in [4.78, 5) is 0.364. The van der Waals surface area contributed by atoms with Crippen molar-refractivity contribution in [3.8, 4) is 0 Å². The van der Waals surface area contributed by atoms with Gasteiger partial charge in [-0.1, -0.05) is 13.3 Å². The highest BCUT2D eigenvalue weighted by Crippen LogP contribution is 2.29. The standard InChI is InChI=1S/C14H24N2O2S/c1-6-7-8-16(5)19(17,18)14-11(3)10(2)9-13(15)12(14)4/h9H,6-8,15H2,1-5H3. The molecule has 0 aromatic heterocycles. The number of sulfonamides is 1. The summed E-state index contributed by atoms with van der Waals surface area (Å²) < 4.78 is 26.7. The fraction of sp³-hybridized carbons (Fsp3) is 0.571. The number of hydrogen-bond acceptors (Lipinski definition) is 3. The molecule has 0 aliphatic rings. The van der Waals surface area contributed by atoms with Crippen molar-refractivity contribution in [3.63, 3.8) is 0 Å². The van der Waals surface area contributed by atoms with Gasteiger partial charge >= 0.3 is 0 Å². The maximum Gasteiger partial charge on any atom is 0.243 e. The van der Waals surface area contributed by atoms with Crippen molar-refractivity contribution in [3.05, 3.63) is 22.8 Å². The average molecular weight is 284 g/mol. The van der Waals surface area contributed by atoms with E-state index in [1.807, 2.05) is 26.8 Å². The number of nitrogen functional groups attached to an aromatic ring is 1. The van der Waals surface area contributed by atoms with Crippen LogP contribution in [0.15, 0.2) is 11.0 Å². The predicted octanol–water partition coefficient (Wildman–Crippen LogP) is 2.61. The van der Waals surface area contributed by atoms with Gasteiger partial charge in [-0.25, -0.2) is 12.7 Å². The molecule has 0 atom stereocenters. The topological polar surface area (TPSA) is 63.4 Å². The Bertz CT molecular complexity index is 539. The highest BCUT2D eigenvalue weighted by Gasteiger charge is 2.26. The van der Waals surface area contributed by atoms with Crippen molar-refractivity contribution >= 4 is 15.7 Å². The van der Waals surface area contributed by atoms with Crippen LogP contribution in [0.4, 0.5) is 5.69 Å². The van der Waals surface area contributed by atoms with Crippen molar-refractivity contribution in [1.82, 2.24) is 4.31 Å². The monoisotopic (exact) mass is 284 g/mol. The zero-order valence-corrected chi connectivity index (χ0v) is 13.3. The van der Waals surface area contributed by atoms with Crippen LogP contribution in [0.1, 0.15) is 36.5 Å². The first-order chi connectivity index (χ1) is 8.73. The van der Waals surface area contributed by atoms with Gasteiger partial charge in [0, 0.05) is 19.3 Å². The number of aryl methyl sites for hydroxylation is 1. The summed E-state index contributed by atoms with van der Waals surface area (Å²) in [6.07, 6.45) is 1.82. The zero-order chi connectivity index (χ0) is 14.8. The van der Waals surface area contributed by atoms with Crippen molar-refractivity contribution in [2.75, 3.05) is 19.3 Å². The second-order valence-electron chi connectivity index (χ2n) is 5.04. The van der Waals surface area contributed by atoms with Crippen molar-refractivity contribution in [2.24, 2.45) is 0 Å². The Balaban J connectivity index is 3.37. The molecule has 0 unspecified atom stereocenters. The SMILES string of the molecule is CCCCN(C)S(=O)(=O)c1c(C)c(C)cc(N)c1C. The van der Waals surface area contributed by atoms with Gasteiger partial charge in [-0.15, -0.1) is 0 Å². The number of rotatable bonds is 5. The van der Waals surface area contributed by atoms with Gasteiger partial charge in [0.05, 0.1) is 4.90 Å². The molecule has 0 bridgehead atoms. The molecular formula is C14H24N2O2S. The smallest absolute Gasteiger partial charge is 0.243 e. The Morgan fingerprint density at radius 2 is 1.79 bits per heavy atom. The molecule has 108 valence electrons. The molecule has 0 saturated carbocycles. The summed E-state index contributed by atoms with van der Waals surface area (Å²) in [7, 11) is -1.84. The lowest BCUT2D eigenvalue weighted by atomic mass is 10.1. The summed E-state index contributed by atoms with van der Waals surface area (Å²) in [6, 6.07) is 1.83. The quantitative estimate of drug-likeness (QED) is 0.845. The second kappa shape index (κ2) is 5.92. The minimum Gasteiger partial charge on any atom is -0.398 e. The number of nitrogens with two attached hydrogens (primary N) is 1. The van der Waals surface area contributed by atoms with Crippen LogP contribution in [0, 0.1) is 20.8 Å². The molecule has 0 aliphatic carbocycles. The first kappa shape index (κ1) is 16.0. The van der Waals surface area contributed by atoms with Gasteiger partial charge in [0.1, 0.15) is 0 Å². The van der Waals surface area contributed by atoms with E-state index in [1.165, 1.54) is 4.31 Å². The van der Waals surface area contributed by atoms with Crippen LogP contribution < -0.4 is 5.73 Å². The molecule has 0 aliphatic heterocycles. The Labute approximate surface area is 116 Å².